The van der Waals surface area contributed by atoms with Gasteiger partial charge in [0.1, 0.15) is 11.3 Å². The fourth-order valence-electron chi connectivity index (χ4n) is 3.75. The number of aromatic nitrogens is 1. The number of benzene rings is 2. The van der Waals surface area contributed by atoms with Crippen molar-refractivity contribution in [3.05, 3.63) is 89.2 Å². The third-order valence-corrected chi connectivity index (χ3v) is 5.53. The van der Waals surface area contributed by atoms with E-state index in [9.17, 15) is 4.79 Å². The van der Waals surface area contributed by atoms with Crippen LogP contribution in [0.3, 0.4) is 0 Å². The summed E-state index contributed by atoms with van der Waals surface area (Å²) in [4.78, 5) is 19.6. The van der Waals surface area contributed by atoms with Crippen LogP contribution in [0, 0.1) is 5.92 Å². The molecule has 0 saturated heterocycles. The molecule has 2 aromatic heterocycles. The van der Waals surface area contributed by atoms with Crippen LogP contribution < -0.4 is 0 Å². The highest BCUT2D eigenvalue weighted by molar-refractivity contribution is 6.31. The van der Waals surface area contributed by atoms with E-state index in [1.165, 1.54) is 5.56 Å². The van der Waals surface area contributed by atoms with E-state index in [2.05, 4.69) is 17.1 Å². The molecule has 0 spiro atoms. The maximum absolute atomic E-state index is 13.3. The van der Waals surface area contributed by atoms with Crippen LogP contribution in [0.2, 0.25) is 5.02 Å². The van der Waals surface area contributed by atoms with Gasteiger partial charge in [0.25, 0.3) is 0 Å². The van der Waals surface area contributed by atoms with Crippen molar-refractivity contribution in [2.75, 3.05) is 0 Å². The van der Waals surface area contributed by atoms with Crippen LogP contribution in [0.15, 0.2) is 75.8 Å². The molecule has 29 heavy (non-hydrogen) atoms. The molecule has 0 bridgehead atoms. The van der Waals surface area contributed by atoms with E-state index in [0.29, 0.717) is 28.6 Å². The van der Waals surface area contributed by atoms with E-state index in [-0.39, 0.29) is 24.3 Å². The van der Waals surface area contributed by atoms with E-state index < -0.39 is 0 Å². The predicted octanol–water partition coefficient (Wildman–Crippen LogP) is 5.41. The Morgan fingerprint density at radius 1 is 1.10 bits per heavy atom. The zero-order chi connectivity index (χ0) is 19.8. The fraction of sp³-hybridized carbons (Fsp3) is 0.217. The standard InChI is InChI=1S/C23H19ClN2O3/c24-16-8-9-21-20(11-16)25-22(29-21)14-26(13-17-7-4-10-28-17)23(27)19-12-18(19)15-5-2-1-3-6-15/h1-11,18-19H,12-14H2/t18-,19?/m1/s1. The number of furan rings is 1. The molecule has 146 valence electrons. The van der Waals surface area contributed by atoms with Crippen molar-refractivity contribution in [1.82, 2.24) is 9.88 Å². The summed E-state index contributed by atoms with van der Waals surface area (Å²) in [5, 5.41) is 0.601. The van der Waals surface area contributed by atoms with Crippen molar-refractivity contribution in [3.63, 3.8) is 0 Å². The number of oxazole rings is 1. The molecule has 2 aromatic carbocycles. The van der Waals surface area contributed by atoms with Crippen molar-refractivity contribution in [3.8, 4) is 0 Å². The van der Waals surface area contributed by atoms with Crippen LogP contribution in [0.25, 0.3) is 11.1 Å². The molecule has 5 nitrogen and oxygen atoms in total. The normalized spacial score (nSPS) is 18.1. The number of fused-ring (bicyclic) bond motifs is 1. The molecule has 4 aromatic rings. The number of carbonyl (C=O) groups is 1. The topological polar surface area (TPSA) is 59.5 Å². The second-order valence-electron chi connectivity index (χ2n) is 7.35. The van der Waals surface area contributed by atoms with Gasteiger partial charge in [0.15, 0.2) is 5.58 Å². The van der Waals surface area contributed by atoms with Crippen molar-refractivity contribution in [2.24, 2.45) is 5.92 Å². The molecule has 1 aliphatic rings. The first-order valence-corrected chi connectivity index (χ1v) is 9.96. The van der Waals surface area contributed by atoms with Crippen LogP contribution in [-0.4, -0.2) is 15.8 Å². The molecule has 1 unspecified atom stereocenters. The molecular weight excluding hydrogens is 388 g/mol. The number of rotatable bonds is 6. The maximum Gasteiger partial charge on any atom is 0.227 e. The van der Waals surface area contributed by atoms with Gasteiger partial charge < -0.3 is 13.7 Å². The van der Waals surface area contributed by atoms with Gasteiger partial charge in [0.2, 0.25) is 11.8 Å². The minimum Gasteiger partial charge on any atom is -0.467 e. The molecule has 2 atom stereocenters. The van der Waals surface area contributed by atoms with Crippen LogP contribution >= 0.6 is 11.6 Å². The molecule has 6 heteroatoms. The second kappa shape index (κ2) is 7.41. The van der Waals surface area contributed by atoms with Gasteiger partial charge in [-0.2, -0.15) is 0 Å². The summed E-state index contributed by atoms with van der Waals surface area (Å²) < 4.78 is 11.3. The second-order valence-corrected chi connectivity index (χ2v) is 7.79. The Balaban J connectivity index is 1.38. The van der Waals surface area contributed by atoms with Gasteiger partial charge in [-0.15, -0.1) is 0 Å². The number of halogens is 1. The lowest BCUT2D eigenvalue weighted by atomic mass is 10.1. The first-order chi connectivity index (χ1) is 14.2. The Kier molecular flexibility index (Phi) is 4.60. The van der Waals surface area contributed by atoms with Crippen molar-refractivity contribution in [2.45, 2.75) is 25.4 Å². The Hall–Kier alpha value is -3.05. The maximum atomic E-state index is 13.3. The molecule has 2 heterocycles. The lowest BCUT2D eigenvalue weighted by molar-refractivity contribution is -0.134. The molecule has 1 fully saturated rings. The molecule has 5 rings (SSSR count). The van der Waals surface area contributed by atoms with E-state index >= 15 is 0 Å². The van der Waals surface area contributed by atoms with E-state index in [1.807, 2.05) is 30.3 Å². The van der Waals surface area contributed by atoms with Crippen LogP contribution in [0.4, 0.5) is 0 Å². The average molecular weight is 407 g/mol. The summed E-state index contributed by atoms with van der Waals surface area (Å²) in [6.07, 6.45) is 2.48. The zero-order valence-electron chi connectivity index (χ0n) is 15.6. The summed E-state index contributed by atoms with van der Waals surface area (Å²) in [6.45, 7) is 0.660. The van der Waals surface area contributed by atoms with Crippen LogP contribution in [0.5, 0.6) is 0 Å². The number of amides is 1. The summed E-state index contributed by atoms with van der Waals surface area (Å²) in [5.74, 6) is 1.56. The largest absolute Gasteiger partial charge is 0.467 e. The quantitative estimate of drug-likeness (QED) is 0.429. The Morgan fingerprint density at radius 3 is 2.76 bits per heavy atom. The van der Waals surface area contributed by atoms with Gasteiger partial charge in [-0.25, -0.2) is 4.98 Å². The van der Waals surface area contributed by atoms with E-state index in [1.54, 1.807) is 29.4 Å². The monoisotopic (exact) mass is 406 g/mol. The lowest BCUT2D eigenvalue weighted by Gasteiger charge is -2.20. The molecular formula is C23H19ClN2O3. The highest BCUT2D eigenvalue weighted by Crippen LogP contribution is 2.48. The summed E-state index contributed by atoms with van der Waals surface area (Å²) in [5.41, 5.74) is 2.55. The highest BCUT2D eigenvalue weighted by Gasteiger charge is 2.46. The van der Waals surface area contributed by atoms with Gasteiger partial charge in [0, 0.05) is 10.9 Å². The molecule has 1 aliphatic carbocycles. The Bertz CT molecular complexity index is 1140. The molecule has 0 radical (unpaired) electrons. The van der Waals surface area contributed by atoms with Gasteiger partial charge in [-0.05, 0) is 48.2 Å². The smallest absolute Gasteiger partial charge is 0.227 e. The van der Waals surface area contributed by atoms with E-state index in [0.717, 1.165) is 12.2 Å². The van der Waals surface area contributed by atoms with Gasteiger partial charge in [0.05, 0.1) is 19.4 Å². The number of nitrogens with zero attached hydrogens (tertiary/aromatic N) is 2. The summed E-state index contributed by atoms with van der Waals surface area (Å²) in [6, 6.07) is 19.2. The van der Waals surface area contributed by atoms with E-state index in [4.69, 9.17) is 20.4 Å². The highest BCUT2D eigenvalue weighted by atomic mass is 35.5. The van der Waals surface area contributed by atoms with Crippen LogP contribution in [-0.2, 0) is 17.9 Å². The first kappa shape index (κ1) is 18.0. The van der Waals surface area contributed by atoms with Crippen molar-refractivity contribution < 1.29 is 13.6 Å². The number of carbonyl (C=O) groups excluding carboxylic acids is 1. The minimum atomic E-state index is -0.0221. The van der Waals surface area contributed by atoms with Gasteiger partial charge in [-0.3, -0.25) is 4.79 Å². The number of hydrogen-bond acceptors (Lipinski definition) is 4. The average Bonchev–Trinajstić information content (AvgIpc) is 3.17. The van der Waals surface area contributed by atoms with Gasteiger partial charge >= 0.3 is 0 Å². The minimum absolute atomic E-state index is 0.0221. The summed E-state index contributed by atoms with van der Waals surface area (Å²) in [7, 11) is 0. The van der Waals surface area contributed by atoms with Crippen LogP contribution in [0.1, 0.15) is 29.6 Å². The fourth-order valence-corrected chi connectivity index (χ4v) is 3.92. The zero-order valence-corrected chi connectivity index (χ0v) is 16.4. The SMILES string of the molecule is O=C(C1C[C@@H]1c1ccccc1)N(Cc1ccco1)Cc1nc2cc(Cl)ccc2o1. The summed E-state index contributed by atoms with van der Waals surface area (Å²) >= 11 is 6.04. The molecule has 1 saturated carbocycles. The third-order valence-electron chi connectivity index (χ3n) is 5.29. The van der Waals surface area contributed by atoms with Gasteiger partial charge in [-0.1, -0.05) is 41.9 Å². The van der Waals surface area contributed by atoms with Crippen molar-refractivity contribution >= 4 is 28.6 Å². The lowest BCUT2D eigenvalue weighted by Crippen LogP contribution is -2.31. The molecule has 1 amide bonds. The molecule has 0 N–H and O–H groups in total. The molecule has 0 aliphatic heterocycles. The Morgan fingerprint density at radius 2 is 1.97 bits per heavy atom. The first-order valence-electron chi connectivity index (χ1n) is 9.58. The van der Waals surface area contributed by atoms with Crippen molar-refractivity contribution in [1.29, 1.82) is 0 Å². The number of hydrogen-bond donors (Lipinski definition) is 0. The Labute approximate surface area is 172 Å². The third kappa shape index (κ3) is 3.78. The predicted molar refractivity (Wildman–Crippen MR) is 109 cm³/mol.